The minimum absolute atomic E-state index is 0.634. The first kappa shape index (κ1) is 9.13. The van der Waals surface area contributed by atoms with Crippen LogP contribution < -0.4 is 0 Å². The highest BCUT2D eigenvalue weighted by Crippen LogP contribution is 2.28. The molecule has 1 saturated heterocycles. The average molecular weight is 201 g/mol. The van der Waals surface area contributed by atoms with Crippen molar-refractivity contribution in [3.05, 3.63) is 41.5 Å². The highest BCUT2D eigenvalue weighted by Gasteiger charge is 2.28. The molecule has 2 aliphatic rings. The van der Waals surface area contributed by atoms with Crippen LogP contribution in [-0.2, 0) is 11.3 Å². The van der Waals surface area contributed by atoms with Crippen molar-refractivity contribution in [2.45, 2.75) is 12.6 Å². The van der Waals surface area contributed by atoms with E-state index in [2.05, 4.69) is 42.3 Å². The maximum absolute atomic E-state index is 5.59. The molecule has 2 unspecified atom stereocenters. The molecule has 15 heavy (non-hydrogen) atoms. The lowest BCUT2D eigenvalue weighted by molar-refractivity contribution is 0.146. The van der Waals surface area contributed by atoms with E-state index in [4.69, 9.17) is 4.74 Å². The van der Waals surface area contributed by atoms with Crippen LogP contribution in [0.3, 0.4) is 0 Å². The molecular formula is C13H15NO. The summed E-state index contributed by atoms with van der Waals surface area (Å²) < 4.78 is 5.59. The standard InChI is InChI=1S/C13H15NO/c1-14-7-12(14)6-11-9-15-8-10-4-2-3-5-13(10)11/h2-6,12H,7-9H2,1H3/b11-6-. The summed E-state index contributed by atoms with van der Waals surface area (Å²) >= 11 is 0. The number of nitrogens with zero attached hydrogens (tertiary/aromatic N) is 1. The lowest BCUT2D eigenvalue weighted by atomic mass is 9.98. The Labute approximate surface area is 90.2 Å². The number of likely N-dealkylation sites (N-methyl/N-ethyl adjacent to an activating group) is 1. The number of fused-ring (bicyclic) bond motifs is 1. The average Bonchev–Trinajstić information content (AvgIpc) is 2.95. The van der Waals surface area contributed by atoms with Crippen molar-refractivity contribution in [2.75, 3.05) is 20.2 Å². The number of hydrogen-bond acceptors (Lipinski definition) is 2. The van der Waals surface area contributed by atoms with Gasteiger partial charge in [-0.1, -0.05) is 30.3 Å². The zero-order valence-corrected chi connectivity index (χ0v) is 8.94. The normalized spacial score (nSPS) is 31.4. The van der Waals surface area contributed by atoms with E-state index in [1.165, 1.54) is 23.2 Å². The second-order valence-electron chi connectivity index (χ2n) is 4.35. The van der Waals surface area contributed by atoms with E-state index >= 15 is 0 Å². The van der Waals surface area contributed by atoms with Crippen molar-refractivity contribution in [3.63, 3.8) is 0 Å². The van der Waals surface area contributed by atoms with Crippen LogP contribution in [0.4, 0.5) is 0 Å². The van der Waals surface area contributed by atoms with Crippen molar-refractivity contribution in [3.8, 4) is 0 Å². The van der Waals surface area contributed by atoms with Gasteiger partial charge in [-0.05, 0) is 23.7 Å². The summed E-state index contributed by atoms with van der Waals surface area (Å²) in [6.07, 6.45) is 2.35. The minimum atomic E-state index is 0.634. The van der Waals surface area contributed by atoms with Crippen LogP contribution in [0.2, 0.25) is 0 Å². The van der Waals surface area contributed by atoms with Crippen LogP contribution in [-0.4, -0.2) is 31.1 Å². The highest BCUT2D eigenvalue weighted by atomic mass is 16.5. The molecule has 78 valence electrons. The summed E-state index contributed by atoms with van der Waals surface area (Å²) in [5.41, 5.74) is 4.05. The summed E-state index contributed by atoms with van der Waals surface area (Å²) in [5, 5.41) is 0. The van der Waals surface area contributed by atoms with Gasteiger partial charge in [0.2, 0.25) is 0 Å². The number of benzene rings is 1. The fourth-order valence-electron chi connectivity index (χ4n) is 2.11. The predicted molar refractivity (Wildman–Crippen MR) is 60.5 cm³/mol. The summed E-state index contributed by atoms with van der Waals surface area (Å²) in [4.78, 5) is 2.32. The molecule has 0 spiro atoms. The monoisotopic (exact) mass is 201 g/mol. The molecule has 1 aromatic rings. The Bertz CT molecular complexity index is 411. The molecular weight excluding hydrogens is 186 g/mol. The molecule has 0 aliphatic carbocycles. The Balaban J connectivity index is 1.95. The van der Waals surface area contributed by atoms with Gasteiger partial charge in [0.1, 0.15) is 0 Å². The van der Waals surface area contributed by atoms with Crippen LogP contribution in [0, 0.1) is 0 Å². The minimum Gasteiger partial charge on any atom is -0.372 e. The first-order chi connectivity index (χ1) is 7.34. The maximum Gasteiger partial charge on any atom is 0.0727 e. The van der Waals surface area contributed by atoms with E-state index in [0.29, 0.717) is 6.04 Å². The SMILES string of the molecule is CN1CC1/C=C1/COCc2ccccc21. The predicted octanol–water partition coefficient (Wildman–Crippen LogP) is 1.91. The zero-order chi connectivity index (χ0) is 10.3. The van der Waals surface area contributed by atoms with Crippen LogP contribution in [0.15, 0.2) is 30.3 Å². The number of rotatable bonds is 1. The van der Waals surface area contributed by atoms with Gasteiger partial charge >= 0.3 is 0 Å². The fourth-order valence-corrected chi connectivity index (χ4v) is 2.11. The Morgan fingerprint density at radius 2 is 2.13 bits per heavy atom. The van der Waals surface area contributed by atoms with Crippen LogP contribution in [0.1, 0.15) is 11.1 Å². The van der Waals surface area contributed by atoms with Crippen LogP contribution >= 0.6 is 0 Å². The maximum atomic E-state index is 5.59. The third kappa shape index (κ3) is 1.71. The van der Waals surface area contributed by atoms with Gasteiger partial charge < -0.3 is 4.74 Å². The van der Waals surface area contributed by atoms with Gasteiger partial charge in [-0.2, -0.15) is 0 Å². The van der Waals surface area contributed by atoms with Gasteiger partial charge in [-0.15, -0.1) is 0 Å². The van der Waals surface area contributed by atoms with Crippen molar-refractivity contribution in [1.82, 2.24) is 4.90 Å². The Hall–Kier alpha value is -1.12. The van der Waals surface area contributed by atoms with E-state index in [0.717, 1.165) is 13.2 Å². The first-order valence-electron chi connectivity index (χ1n) is 5.41. The lowest BCUT2D eigenvalue weighted by Crippen LogP contribution is -2.09. The van der Waals surface area contributed by atoms with Gasteiger partial charge in [-0.3, -0.25) is 4.90 Å². The molecule has 1 aromatic carbocycles. The lowest BCUT2D eigenvalue weighted by Gasteiger charge is -2.19. The van der Waals surface area contributed by atoms with Crippen molar-refractivity contribution >= 4 is 5.57 Å². The van der Waals surface area contributed by atoms with E-state index in [9.17, 15) is 0 Å². The molecule has 2 heteroatoms. The molecule has 0 saturated carbocycles. The van der Waals surface area contributed by atoms with Gasteiger partial charge in [-0.25, -0.2) is 0 Å². The molecule has 0 N–H and O–H groups in total. The number of hydrogen-bond donors (Lipinski definition) is 0. The largest absolute Gasteiger partial charge is 0.372 e. The Kier molecular flexibility index (Phi) is 2.11. The van der Waals surface area contributed by atoms with E-state index in [-0.39, 0.29) is 0 Å². The van der Waals surface area contributed by atoms with Gasteiger partial charge in [0.05, 0.1) is 13.2 Å². The quantitative estimate of drug-likeness (QED) is 0.643. The van der Waals surface area contributed by atoms with E-state index < -0.39 is 0 Å². The third-order valence-electron chi connectivity index (χ3n) is 3.18. The summed E-state index contributed by atoms with van der Waals surface area (Å²) in [5.74, 6) is 0. The molecule has 0 amide bonds. The van der Waals surface area contributed by atoms with Gasteiger partial charge in [0.15, 0.2) is 0 Å². The second-order valence-corrected chi connectivity index (χ2v) is 4.35. The molecule has 2 aliphatic heterocycles. The molecule has 0 radical (unpaired) electrons. The molecule has 2 heterocycles. The van der Waals surface area contributed by atoms with Crippen molar-refractivity contribution in [2.24, 2.45) is 0 Å². The molecule has 1 fully saturated rings. The van der Waals surface area contributed by atoms with E-state index in [1.807, 2.05) is 0 Å². The molecule has 3 rings (SSSR count). The zero-order valence-electron chi connectivity index (χ0n) is 8.94. The molecule has 2 atom stereocenters. The highest BCUT2D eigenvalue weighted by molar-refractivity contribution is 5.71. The Morgan fingerprint density at radius 1 is 1.33 bits per heavy atom. The molecule has 2 nitrogen and oxygen atoms in total. The topological polar surface area (TPSA) is 12.2 Å². The summed E-state index contributed by atoms with van der Waals surface area (Å²) in [6.45, 7) is 2.71. The fraction of sp³-hybridized carbons (Fsp3) is 0.385. The molecule has 0 bridgehead atoms. The van der Waals surface area contributed by atoms with Crippen molar-refractivity contribution < 1.29 is 4.74 Å². The molecule has 0 aromatic heterocycles. The van der Waals surface area contributed by atoms with Crippen LogP contribution in [0.5, 0.6) is 0 Å². The van der Waals surface area contributed by atoms with Crippen LogP contribution in [0.25, 0.3) is 5.57 Å². The second kappa shape index (κ2) is 3.47. The van der Waals surface area contributed by atoms with E-state index in [1.54, 1.807) is 0 Å². The number of ether oxygens (including phenoxy) is 1. The third-order valence-corrected chi connectivity index (χ3v) is 3.18. The first-order valence-corrected chi connectivity index (χ1v) is 5.41. The van der Waals surface area contributed by atoms with Gasteiger partial charge in [0, 0.05) is 12.6 Å². The summed E-state index contributed by atoms with van der Waals surface area (Å²) in [6, 6.07) is 9.17. The Morgan fingerprint density at radius 3 is 2.93 bits per heavy atom. The summed E-state index contributed by atoms with van der Waals surface area (Å²) in [7, 11) is 2.15. The van der Waals surface area contributed by atoms with Crippen molar-refractivity contribution in [1.29, 1.82) is 0 Å². The van der Waals surface area contributed by atoms with Gasteiger partial charge in [0.25, 0.3) is 0 Å². The smallest absolute Gasteiger partial charge is 0.0727 e.